The van der Waals surface area contributed by atoms with Crippen molar-refractivity contribution in [3.05, 3.63) is 284 Å². The van der Waals surface area contributed by atoms with Gasteiger partial charge < -0.3 is 48.7 Å². The maximum absolute atomic E-state index is 13.2. The van der Waals surface area contributed by atoms with Gasteiger partial charge in [0, 0.05) is 55.5 Å². The average Bonchev–Trinajstić information content (AvgIpc) is 1.62. The second kappa shape index (κ2) is 44.9. The number of hydrogen-bond acceptors (Lipinski definition) is 22. The van der Waals surface area contributed by atoms with E-state index in [1.165, 1.54) is 72.8 Å². The number of likely N-dealkylation sites (tertiary alicyclic amines) is 1. The van der Waals surface area contributed by atoms with Crippen molar-refractivity contribution in [3.63, 3.8) is 0 Å². The van der Waals surface area contributed by atoms with Crippen LogP contribution in [0.4, 0.5) is 17.6 Å². The van der Waals surface area contributed by atoms with Gasteiger partial charge in [0.05, 0.1) is 90.1 Å². The SMILES string of the molecule is CCOC(=O)C(=O)c1ccc(-c2ccc(F)cn2)cc1.CCOC(=O)C(=O)c1ccc(B2OC(C)(C)C(C)(C)O2)cc1.CCOC(=O)C(=O)c1ccc(Br)cc1.Fc1ccc(Br)nc1.O=C(N[C@H](CN1CCCC1)[C@H](O)c1ccc(OC2CC2)c(Cl)c1)C(=O)c1ccc(-c2ccc(F)cn2)cc1.O=C(O)C(=O)c1ccc(-c2ccc(F)cn2)cc1. The first-order valence-corrected chi connectivity index (χ1v) is 39.4. The molecule has 3 aliphatic rings. The van der Waals surface area contributed by atoms with Crippen LogP contribution in [0.1, 0.15) is 138 Å². The molecule has 32 heteroatoms. The number of aromatic nitrogens is 4. The molecule has 1 aliphatic carbocycles. The summed E-state index contributed by atoms with van der Waals surface area (Å²) in [6, 6.07) is 47.6. The van der Waals surface area contributed by atoms with Crippen LogP contribution < -0.4 is 15.5 Å². The van der Waals surface area contributed by atoms with Gasteiger partial charge >= 0.3 is 31.0 Å². The summed E-state index contributed by atoms with van der Waals surface area (Å²) >= 11 is 12.7. The summed E-state index contributed by atoms with van der Waals surface area (Å²) in [4.78, 5) is 134. The van der Waals surface area contributed by atoms with Gasteiger partial charge in [-0.3, -0.25) is 43.7 Å². The van der Waals surface area contributed by atoms with Crippen LogP contribution >= 0.6 is 43.5 Å². The Hall–Kier alpha value is -11.7. The minimum absolute atomic E-state index is 0.0911. The van der Waals surface area contributed by atoms with E-state index in [2.05, 4.69) is 71.5 Å². The minimum atomic E-state index is -1.50. The summed E-state index contributed by atoms with van der Waals surface area (Å²) in [7, 11) is -0.489. The Labute approximate surface area is 710 Å². The fourth-order valence-corrected chi connectivity index (χ4v) is 11.8. The molecule has 0 bridgehead atoms. The van der Waals surface area contributed by atoms with Crippen molar-refractivity contribution in [2.75, 3.05) is 39.5 Å². The first kappa shape index (κ1) is 93.8. The lowest BCUT2D eigenvalue weighted by Crippen LogP contribution is -2.48. The van der Waals surface area contributed by atoms with E-state index in [0.717, 1.165) is 79.1 Å². The van der Waals surface area contributed by atoms with Crippen molar-refractivity contribution in [1.82, 2.24) is 30.2 Å². The number of aliphatic hydroxyl groups excluding tert-OH is 1. The van der Waals surface area contributed by atoms with Crippen LogP contribution in [-0.2, 0) is 47.5 Å². The number of esters is 3. The number of carbonyl (C=O) groups excluding carboxylic acids is 9. The van der Waals surface area contributed by atoms with Crippen LogP contribution in [0.3, 0.4) is 0 Å². The fraction of sp³-hybridized carbons (Fsp3) is 0.250. The first-order valence-electron chi connectivity index (χ1n) is 37.5. The summed E-state index contributed by atoms with van der Waals surface area (Å²) in [6.45, 7) is 15.5. The lowest BCUT2D eigenvalue weighted by Gasteiger charge is -2.32. The summed E-state index contributed by atoms with van der Waals surface area (Å²) in [5, 5.41) is 23.0. The number of carboxylic acid groups (broad SMARTS) is 1. The van der Waals surface area contributed by atoms with Crippen LogP contribution in [0.25, 0.3) is 33.8 Å². The zero-order valence-corrected chi connectivity index (χ0v) is 69.8. The number of nitrogens with one attached hydrogen (secondary N) is 1. The molecular formula is C88H82BBr2ClF4N6O18. The molecule has 120 heavy (non-hydrogen) atoms. The highest BCUT2D eigenvalue weighted by molar-refractivity contribution is 9.10. The summed E-state index contributed by atoms with van der Waals surface area (Å²) in [6.07, 6.45) is 7.70. The Balaban J connectivity index is 0.000000190. The Morgan fingerprint density at radius 1 is 0.508 bits per heavy atom. The number of amides is 1. The predicted octanol–water partition coefficient (Wildman–Crippen LogP) is 15.3. The maximum atomic E-state index is 13.2. The second-order valence-corrected chi connectivity index (χ2v) is 29.6. The largest absolute Gasteiger partial charge is 0.494 e. The lowest BCUT2D eigenvalue weighted by molar-refractivity contribution is -0.138. The lowest BCUT2D eigenvalue weighted by atomic mass is 9.78. The standard InChI is InChI=1S/C29H29ClFN3O4.C16H21BO5.C15H12FNO3.C13H8FNO3.C10H9BrO3.C5H3BrFN/c30-23-15-20(7-12-26(23)38-22-9-10-22)27(35)25(17-34-13-1-2-14-34)33-29(37)28(36)19-5-3-18(4-6-19)24-11-8-21(31)16-32-24;1-6-20-14(19)13(18)11-7-9-12(10-8-11)17-21-15(2,3)16(4,5)22-17;1-2-20-15(19)14(18)11-5-3-10(4-6-11)13-8-7-12(16)9-17-13;14-10-5-6-11(15-7-10)8-1-3-9(4-2-8)12(16)13(17)18;1-2-14-10(13)9(12)7-3-5-8(11)6-4-7;6-5-2-1-4(7)3-8-5/h3-8,11-12,15-16,22,25,27,35H,1-2,9-10,13-14,17H2,(H,33,37);7-10H,6H2,1-5H3;3-9H,2H2,1H3;1-7H,(H,17,18);3-6H,2H2,1H3;1-3H/t25-,27-;;;;;/m1...../s1. The molecule has 0 unspecified atom stereocenters. The molecule has 1 saturated carbocycles. The highest BCUT2D eigenvalue weighted by atomic mass is 79.9. The summed E-state index contributed by atoms with van der Waals surface area (Å²) < 4.78 is 83.7. The first-order chi connectivity index (χ1) is 57.2. The zero-order chi connectivity index (χ0) is 87.4. The molecule has 2 saturated heterocycles. The summed E-state index contributed by atoms with van der Waals surface area (Å²) in [5.41, 5.74) is 5.44. The number of benzene rings is 6. The van der Waals surface area contributed by atoms with Crippen molar-refractivity contribution >= 4 is 115 Å². The quantitative estimate of drug-likeness (QED) is 0.00962. The highest BCUT2D eigenvalue weighted by Gasteiger charge is 2.52. The van der Waals surface area contributed by atoms with Crippen LogP contribution in [0.15, 0.2) is 222 Å². The highest BCUT2D eigenvalue weighted by Crippen LogP contribution is 2.37. The van der Waals surface area contributed by atoms with E-state index in [-0.39, 0.29) is 48.4 Å². The summed E-state index contributed by atoms with van der Waals surface area (Å²) in [5.74, 6) is -9.49. The second-order valence-electron chi connectivity index (χ2n) is 27.5. The molecule has 4 aromatic heterocycles. The smallest absolute Gasteiger partial charge is 0.489 e. The van der Waals surface area contributed by atoms with Crippen molar-refractivity contribution in [3.8, 4) is 39.5 Å². The topological polar surface area (TPSA) is 333 Å². The monoisotopic (exact) mass is 1790 g/mol. The molecule has 3 fully saturated rings. The van der Waals surface area contributed by atoms with Gasteiger partial charge in [-0.25, -0.2) is 41.7 Å². The molecule has 1 amide bonds. The van der Waals surface area contributed by atoms with Crippen LogP contribution in [0.5, 0.6) is 5.75 Å². The molecule has 624 valence electrons. The number of ketones is 5. The van der Waals surface area contributed by atoms with Crippen molar-refractivity contribution in [2.45, 2.75) is 104 Å². The Bertz CT molecular complexity index is 5160. The number of nitrogens with zero attached hydrogens (tertiary/aromatic N) is 5. The third kappa shape index (κ3) is 28.0. The molecule has 3 N–H and O–H groups in total. The molecule has 2 aliphatic heterocycles. The third-order valence-corrected chi connectivity index (χ3v) is 19.5. The maximum Gasteiger partial charge on any atom is 0.494 e. The molecule has 0 radical (unpaired) electrons. The normalized spacial score (nSPS) is 13.8. The molecule has 6 heterocycles. The average molecular weight is 1790 g/mol. The Morgan fingerprint density at radius 2 is 0.875 bits per heavy atom. The number of Topliss-reactive ketones (excluding diaryl/α,β-unsaturated/α-hetero) is 5. The van der Waals surface area contributed by atoms with Gasteiger partial charge in [-0.15, -0.1) is 0 Å². The van der Waals surface area contributed by atoms with E-state index >= 15 is 0 Å². The number of aliphatic hydroxyl groups is 1. The van der Waals surface area contributed by atoms with Gasteiger partial charge in [-0.1, -0.05) is 131 Å². The van der Waals surface area contributed by atoms with E-state index in [1.54, 1.807) is 136 Å². The van der Waals surface area contributed by atoms with E-state index in [0.29, 0.717) is 66.8 Å². The Kier molecular flexibility index (Phi) is 35.1. The number of halogens is 7. The number of pyridine rings is 4. The number of hydrogen-bond donors (Lipinski definition) is 3. The van der Waals surface area contributed by atoms with E-state index in [4.69, 9.17) is 35.5 Å². The fourth-order valence-electron chi connectivity index (χ4n) is 11.0. The van der Waals surface area contributed by atoms with Gasteiger partial charge in [0.2, 0.25) is 5.78 Å². The van der Waals surface area contributed by atoms with Crippen LogP contribution in [-0.4, -0.2) is 164 Å². The zero-order valence-electron chi connectivity index (χ0n) is 65.9. The van der Waals surface area contributed by atoms with E-state index < -0.39 is 107 Å². The number of carboxylic acids is 1. The minimum Gasteiger partial charge on any atom is -0.489 e. The van der Waals surface area contributed by atoms with Gasteiger partial charge in [-0.05, 0) is 199 Å². The van der Waals surface area contributed by atoms with Gasteiger partial charge in [0.1, 0.15) is 39.7 Å². The number of ether oxygens (including phenoxy) is 4. The third-order valence-electron chi connectivity index (χ3n) is 18.3. The number of rotatable bonds is 24. The van der Waals surface area contributed by atoms with E-state index in [9.17, 15) is 70.6 Å². The van der Waals surface area contributed by atoms with Gasteiger partial charge in [-0.2, -0.15) is 0 Å². The van der Waals surface area contributed by atoms with E-state index in [1.807, 2.05) is 27.7 Å². The van der Waals surface area contributed by atoms with Crippen molar-refractivity contribution < 1.29 is 104 Å². The van der Waals surface area contributed by atoms with Crippen LogP contribution in [0, 0.1) is 23.3 Å². The van der Waals surface area contributed by atoms with Crippen LogP contribution in [0.2, 0.25) is 5.02 Å². The van der Waals surface area contributed by atoms with Crippen molar-refractivity contribution in [2.24, 2.45) is 0 Å². The molecular weight excluding hydrogens is 1710 g/mol. The Morgan fingerprint density at radius 3 is 1.22 bits per heavy atom. The van der Waals surface area contributed by atoms with Crippen molar-refractivity contribution in [1.29, 1.82) is 0 Å². The molecule has 24 nitrogen and oxygen atoms in total. The van der Waals surface area contributed by atoms with Gasteiger partial charge in [0.15, 0.2) is 0 Å². The van der Waals surface area contributed by atoms with Gasteiger partial charge in [0.25, 0.3) is 29.0 Å². The molecule has 13 rings (SSSR count). The molecule has 2 atom stereocenters. The number of carbonyl (C=O) groups is 10. The molecule has 10 aromatic rings. The predicted molar refractivity (Wildman–Crippen MR) is 444 cm³/mol. The molecule has 6 aromatic carbocycles. The molecule has 0 spiro atoms. The number of aliphatic carboxylic acids is 1.